The lowest BCUT2D eigenvalue weighted by Crippen LogP contribution is -2.48. The molecule has 11 heteroatoms. The molecule has 0 fully saturated rings. The Morgan fingerprint density at radius 3 is 1.71 bits per heavy atom. The van der Waals surface area contributed by atoms with Crippen LogP contribution in [0, 0.1) is 0 Å². The molecule has 0 saturated heterocycles. The number of aliphatic carboxylic acids is 1. The van der Waals surface area contributed by atoms with Gasteiger partial charge < -0.3 is 15.3 Å². The van der Waals surface area contributed by atoms with Crippen LogP contribution in [-0.2, 0) is 14.6 Å². The van der Waals surface area contributed by atoms with Gasteiger partial charge in [0.05, 0.1) is 46.6 Å². The first kappa shape index (κ1) is 20.1. The van der Waals surface area contributed by atoms with E-state index in [1.807, 2.05) is 0 Å². The van der Waals surface area contributed by atoms with Gasteiger partial charge in [0.15, 0.2) is 0 Å². The number of hydrogen-bond acceptors (Lipinski definition) is 10. The molecule has 0 atom stereocenters. The second-order valence-electron chi connectivity index (χ2n) is 4.24. The SMILES string of the molecule is O=C(O)CN(CN(CO)CO)CN(CCOO)CCOO. The minimum Gasteiger partial charge on any atom is -0.480 e. The van der Waals surface area contributed by atoms with Crippen molar-refractivity contribution in [1.82, 2.24) is 14.7 Å². The zero-order valence-corrected chi connectivity index (χ0v) is 11.7. The summed E-state index contributed by atoms with van der Waals surface area (Å²) in [5, 5.41) is 43.6. The van der Waals surface area contributed by atoms with Gasteiger partial charge in [-0.25, -0.2) is 14.7 Å². The molecule has 21 heavy (non-hydrogen) atoms. The third-order valence-electron chi connectivity index (χ3n) is 2.56. The highest BCUT2D eigenvalue weighted by molar-refractivity contribution is 5.69. The van der Waals surface area contributed by atoms with Crippen molar-refractivity contribution >= 4 is 5.97 Å². The molecular formula is C10H23N3O8. The molecule has 0 bridgehead atoms. The van der Waals surface area contributed by atoms with Gasteiger partial charge in [0.1, 0.15) is 0 Å². The standard InChI is InChI=1S/C10H23N3O8/c14-8-13(9-15)7-12(5-10(16)17)6-11(1-3-20-18)2-4-21-19/h14-15,18-19H,1-9H2,(H,16,17). The Labute approximate surface area is 122 Å². The van der Waals surface area contributed by atoms with E-state index in [2.05, 4.69) is 9.78 Å². The Morgan fingerprint density at radius 1 is 0.857 bits per heavy atom. The summed E-state index contributed by atoms with van der Waals surface area (Å²) < 4.78 is 0. The van der Waals surface area contributed by atoms with Crippen LogP contribution in [0.15, 0.2) is 0 Å². The molecule has 0 radical (unpaired) electrons. The van der Waals surface area contributed by atoms with E-state index in [0.717, 1.165) is 0 Å². The molecule has 126 valence electrons. The van der Waals surface area contributed by atoms with Crippen LogP contribution < -0.4 is 0 Å². The van der Waals surface area contributed by atoms with Crippen LogP contribution in [-0.4, -0.2) is 106 Å². The minimum absolute atomic E-state index is 0.00391. The molecule has 0 spiro atoms. The molecule has 11 nitrogen and oxygen atoms in total. The average molecular weight is 313 g/mol. The summed E-state index contributed by atoms with van der Waals surface area (Å²) in [5.41, 5.74) is 0. The highest BCUT2D eigenvalue weighted by Gasteiger charge is 2.17. The van der Waals surface area contributed by atoms with Gasteiger partial charge >= 0.3 is 5.97 Å². The predicted molar refractivity (Wildman–Crippen MR) is 68.8 cm³/mol. The van der Waals surface area contributed by atoms with Gasteiger partial charge in [-0.05, 0) is 0 Å². The summed E-state index contributed by atoms with van der Waals surface area (Å²) in [6.07, 6.45) is 0. The van der Waals surface area contributed by atoms with E-state index in [1.165, 1.54) is 9.80 Å². The van der Waals surface area contributed by atoms with Gasteiger partial charge in [-0.3, -0.25) is 25.1 Å². The summed E-state index contributed by atoms with van der Waals surface area (Å²) in [7, 11) is 0. The largest absolute Gasteiger partial charge is 0.480 e. The van der Waals surface area contributed by atoms with E-state index in [9.17, 15) is 4.79 Å². The molecule has 0 saturated carbocycles. The first-order valence-electron chi connectivity index (χ1n) is 6.20. The van der Waals surface area contributed by atoms with Gasteiger partial charge in [0.2, 0.25) is 0 Å². The van der Waals surface area contributed by atoms with E-state index < -0.39 is 19.4 Å². The number of aliphatic hydroxyl groups excluding tert-OH is 2. The number of nitrogens with zero attached hydrogens (tertiary/aromatic N) is 3. The first-order chi connectivity index (χ1) is 10.1. The molecule has 0 aromatic heterocycles. The van der Waals surface area contributed by atoms with Gasteiger partial charge in [-0.1, -0.05) is 0 Å². The van der Waals surface area contributed by atoms with Crippen LogP contribution in [0.5, 0.6) is 0 Å². The van der Waals surface area contributed by atoms with E-state index in [-0.39, 0.29) is 46.2 Å². The molecule has 0 aliphatic rings. The normalized spacial score (nSPS) is 11.8. The van der Waals surface area contributed by atoms with Crippen LogP contribution in [0.1, 0.15) is 0 Å². The highest BCUT2D eigenvalue weighted by atomic mass is 17.1. The van der Waals surface area contributed by atoms with E-state index in [0.29, 0.717) is 0 Å². The maximum atomic E-state index is 10.8. The maximum Gasteiger partial charge on any atom is 0.317 e. The van der Waals surface area contributed by atoms with Crippen molar-refractivity contribution in [2.45, 2.75) is 0 Å². The first-order valence-corrected chi connectivity index (χ1v) is 6.20. The quantitative estimate of drug-likeness (QED) is 0.135. The Kier molecular flexibility index (Phi) is 12.3. The lowest BCUT2D eigenvalue weighted by atomic mass is 10.4. The molecule has 0 aromatic carbocycles. The number of aliphatic hydroxyl groups is 2. The number of hydrogen-bond donors (Lipinski definition) is 5. The predicted octanol–water partition coefficient (Wildman–Crippen LogP) is -2.23. The zero-order chi connectivity index (χ0) is 16.1. The molecule has 0 aliphatic carbocycles. The Bertz CT molecular complexity index is 259. The molecule has 0 amide bonds. The highest BCUT2D eigenvalue weighted by Crippen LogP contribution is 1.98. The van der Waals surface area contributed by atoms with Gasteiger partial charge in [-0.2, -0.15) is 0 Å². The minimum atomic E-state index is -1.07. The topological polar surface area (TPSA) is 146 Å². The fourth-order valence-corrected chi connectivity index (χ4v) is 1.63. The lowest BCUT2D eigenvalue weighted by Gasteiger charge is -2.31. The van der Waals surface area contributed by atoms with E-state index >= 15 is 0 Å². The van der Waals surface area contributed by atoms with Gasteiger partial charge in [0, 0.05) is 13.1 Å². The van der Waals surface area contributed by atoms with E-state index in [1.54, 1.807) is 4.90 Å². The summed E-state index contributed by atoms with van der Waals surface area (Å²) >= 11 is 0. The number of rotatable bonds is 14. The molecule has 5 N–H and O–H groups in total. The van der Waals surface area contributed by atoms with Gasteiger partial charge in [0.25, 0.3) is 0 Å². The van der Waals surface area contributed by atoms with Crippen molar-refractivity contribution in [2.24, 2.45) is 0 Å². The van der Waals surface area contributed by atoms with Crippen molar-refractivity contribution < 1.29 is 40.4 Å². The van der Waals surface area contributed by atoms with Crippen LogP contribution >= 0.6 is 0 Å². The summed E-state index contributed by atoms with van der Waals surface area (Å²) in [4.78, 5) is 23.1. The average Bonchev–Trinajstić information content (AvgIpc) is 2.46. The van der Waals surface area contributed by atoms with Crippen molar-refractivity contribution in [3.63, 3.8) is 0 Å². The summed E-state index contributed by atoms with van der Waals surface area (Å²) in [5.74, 6) is -1.07. The third-order valence-corrected chi connectivity index (χ3v) is 2.56. The summed E-state index contributed by atoms with van der Waals surface area (Å²) in [6, 6.07) is 0. The second-order valence-corrected chi connectivity index (χ2v) is 4.24. The third kappa shape index (κ3) is 10.5. The monoisotopic (exact) mass is 313 g/mol. The van der Waals surface area contributed by atoms with Crippen molar-refractivity contribution in [1.29, 1.82) is 0 Å². The van der Waals surface area contributed by atoms with Crippen molar-refractivity contribution in [3.8, 4) is 0 Å². The Balaban J connectivity index is 4.56. The fraction of sp³-hybridized carbons (Fsp3) is 0.900. The van der Waals surface area contributed by atoms with Crippen LogP contribution in [0.2, 0.25) is 0 Å². The molecule has 0 unspecified atom stereocenters. The molecule has 0 aliphatic heterocycles. The van der Waals surface area contributed by atoms with Crippen LogP contribution in [0.4, 0.5) is 0 Å². The smallest absolute Gasteiger partial charge is 0.317 e. The van der Waals surface area contributed by atoms with Crippen LogP contribution in [0.25, 0.3) is 0 Å². The zero-order valence-electron chi connectivity index (χ0n) is 11.7. The molecule has 0 aromatic rings. The second kappa shape index (κ2) is 12.8. The van der Waals surface area contributed by atoms with Gasteiger partial charge in [-0.15, -0.1) is 0 Å². The Hall–Kier alpha value is -0.890. The number of carbonyl (C=O) groups is 1. The molecular weight excluding hydrogens is 290 g/mol. The van der Waals surface area contributed by atoms with Crippen molar-refractivity contribution in [3.05, 3.63) is 0 Å². The van der Waals surface area contributed by atoms with Crippen molar-refractivity contribution in [2.75, 3.05) is 59.6 Å². The summed E-state index contributed by atoms with van der Waals surface area (Å²) in [6.45, 7) is -0.453. The van der Waals surface area contributed by atoms with Crippen LogP contribution in [0.3, 0.4) is 0 Å². The molecule has 0 rings (SSSR count). The Morgan fingerprint density at radius 2 is 1.33 bits per heavy atom. The fourth-order valence-electron chi connectivity index (χ4n) is 1.63. The number of carboxylic acid groups (broad SMARTS) is 1. The number of carboxylic acids is 1. The van der Waals surface area contributed by atoms with E-state index in [4.69, 9.17) is 25.8 Å². The molecule has 0 heterocycles. The lowest BCUT2D eigenvalue weighted by molar-refractivity contribution is -0.252. The maximum absolute atomic E-state index is 10.8.